The van der Waals surface area contributed by atoms with Gasteiger partial charge in [0.05, 0.1) is 5.02 Å². The standard InChI is InChI=1S/C11H14ClFN2/c12-8-6-9(10(13)15-7-8)11(14)4-2-1-3-5-11/h6-7H,1-5,14H2. The summed E-state index contributed by atoms with van der Waals surface area (Å²) in [5.74, 6) is -0.483. The molecule has 1 fully saturated rings. The van der Waals surface area contributed by atoms with Crippen molar-refractivity contribution in [3.63, 3.8) is 0 Å². The van der Waals surface area contributed by atoms with Crippen LogP contribution in [0.1, 0.15) is 37.7 Å². The topological polar surface area (TPSA) is 38.9 Å². The summed E-state index contributed by atoms with van der Waals surface area (Å²) < 4.78 is 13.5. The Balaban J connectivity index is 2.38. The van der Waals surface area contributed by atoms with E-state index in [0.717, 1.165) is 25.7 Å². The Labute approximate surface area is 93.6 Å². The maximum Gasteiger partial charge on any atom is 0.217 e. The van der Waals surface area contributed by atoms with Crippen LogP contribution in [-0.4, -0.2) is 4.98 Å². The molecule has 2 nitrogen and oxygen atoms in total. The van der Waals surface area contributed by atoms with Crippen molar-refractivity contribution in [2.45, 2.75) is 37.6 Å². The lowest BCUT2D eigenvalue weighted by molar-refractivity contribution is 0.290. The summed E-state index contributed by atoms with van der Waals surface area (Å²) in [4.78, 5) is 3.62. The van der Waals surface area contributed by atoms with Crippen molar-refractivity contribution in [3.05, 3.63) is 28.8 Å². The molecule has 0 spiro atoms. The second-order valence-electron chi connectivity index (χ2n) is 4.21. The van der Waals surface area contributed by atoms with Gasteiger partial charge >= 0.3 is 0 Å². The minimum Gasteiger partial charge on any atom is -0.321 e. The molecule has 0 bridgehead atoms. The molecular formula is C11H14ClFN2. The quantitative estimate of drug-likeness (QED) is 0.751. The molecule has 1 aromatic heterocycles. The zero-order valence-electron chi connectivity index (χ0n) is 8.47. The van der Waals surface area contributed by atoms with Gasteiger partial charge in [-0.15, -0.1) is 0 Å². The fourth-order valence-electron chi connectivity index (χ4n) is 2.22. The molecule has 0 unspecified atom stereocenters. The zero-order chi connectivity index (χ0) is 10.9. The van der Waals surface area contributed by atoms with E-state index in [4.69, 9.17) is 17.3 Å². The van der Waals surface area contributed by atoms with E-state index in [1.54, 1.807) is 6.07 Å². The smallest absolute Gasteiger partial charge is 0.217 e. The number of nitrogens with zero attached hydrogens (tertiary/aromatic N) is 1. The van der Waals surface area contributed by atoms with Gasteiger partial charge in [-0.25, -0.2) is 4.98 Å². The van der Waals surface area contributed by atoms with Crippen LogP contribution in [0.25, 0.3) is 0 Å². The Morgan fingerprint density at radius 2 is 2.00 bits per heavy atom. The van der Waals surface area contributed by atoms with E-state index < -0.39 is 11.5 Å². The molecule has 1 aromatic rings. The Morgan fingerprint density at radius 3 is 2.67 bits per heavy atom. The van der Waals surface area contributed by atoms with Crippen LogP contribution in [0.2, 0.25) is 5.02 Å². The molecule has 0 radical (unpaired) electrons. The van der Waals surface area contributed by atoms with Crippen molar-refractivity contribution >= 4 is 11.6 Å². The highest BCUT2D eigenvalue weighted by Crippen LogP contribution is 2.36. The lowest BCUT2D eigenvalue weighted by Gasteiger charge is -2.33. The Hall–Kier alpha value is -0.670. The number of halogens is 2. The summed E-state index contributed by atoms with van der Waals surface area (Å²) in [6, 6.07) is 1.61. The highest BCUT2D eigenvalue weighted by atomic mass is 35.5. The molecule has 0 atom stereocenters. The normalized spacial score (nSPS) is 20.2. The number of aromatic nitrogens is 1. The van der Waals surface area contributed by atoms with Gasteiger partial charge in [-0.2, -0.15) is 4.39 Å². The number of nitrogens with two attached hydrogens (primary N) is 1. The molecule has 1 aliphatic carbocycles. The van der Waals surface area contributed by atoms with Crippen molar-refractivity contribution in [1.82, 2.24) is 4.98 Å². The van der Waals surface area contributed by atoms with Crippen LogP contribution in [0.4, 0.5) is 4.39 Å². The van der Waals surface area contributed by atoms with Gasteiger partial charge in [0.25, 0.3) is 0 Å². The summed E-state index contributed by atoms with van der Waals surface area (Å²) in [5, 5.41) is 0.446. The summed E-state index contributed by atoms with van der Waals surface area (Å²) in [5.41, 5.74) is 6.11. The monoisotopic (exact) mass is 228 g/mol. The highest BCUT2D eigenvalue weighted by molar-refractivity contribution is 6.30. The van der Waals surface area contributed by atoms with Crippen LogP contribution in [0.5, 0.6) is 0 Å². The third-order valence-electron chi connectivity index (χ3n) is 3.09. The summed E-state index contributed by atoms with van der Waals surface area (Å²) in [6.45, 7) is 0. The second kappa shape index (κ2) is 4.06. The van der Waals surface area contributed by atoms with Gasteiger partial charge in [-0.1, -0.05) is 30.9 Å². The molecule has 4 heteroatoms. The molecule has 1 heterocycles. The predicted molar refractivity (Wildman–Crippen MR) is 58.2 cm³/mol. The minimum absolute atomic E-state index is 0.446. The van der Waals surface area contributed by atoms with Crippen LogP contribution >= 0.6 is 11.6 Å². The number of hydrogen-bond acceptors (Lipinski definition) is 2. The van der Waals surface area contributed by atoms with Crippen molar-refractivity contribution in [2.24, 2.45) is 5.73 Å². The van der Waals surface area contributed by atoms with E-state index in [2.05, 4.69) is 4.98 Å². The maximum absolute atomic E-state index is 13.5. The first-order valence-electron chi connectivity index (χ1n) is 5.22. The Kier molecular flexibility index (Phi) is 2.94. The SMILES string of the molecule is NC1(c2cc(Cl)cnc2F)CCCCC1. The fraction of sp³-hybridized carbons (Fsp3) is 0.545. The minimum atomic E-state index is -0.569. The van der Waals surface area contributed by atoms with Gasteiger partial charge in [-0.05, 0) is 18.9 Å². The maximum atomic E-state index is 13.5. The summed E-state index contributed by atoms with van der Waals surface area (Å²) in [6.07, 6.45) is 6.20. The Bertz CT molecular complexity index is 362. The zero-order valence-corrected chi connectivity index (χ0v) is 9.23. The molecular weight excluding hydrogens is 215 g/mol. The van der Waals surface area contributed by atoms with Crippen LogP contribution < -0.4 is 5.73 Å². The molecule has 82 valence electrons. The largest absolute Gasteiger partial charge is 0.321 e. The van der Waals surface area contributed by atoms with Crippen molar-refractivity contribution in [2.75, 3.05) is 0 Å². The van der Waals surface area contributed by atoms with E-state index in [1.807, 2.05) is 0 Å². The van der Waals surface area contributed by atoms with Crippen molar-refractivity contribution in [1.29, 1.82) is 0 Å². The third kappa shape index (κ3) is 2.13. The molecule has 2 N–H and O–H groups in total. The molecule has 0 amide bonds. The molecule has 0 aromatic carbocycles. The first-order chi connectivity index (χ1) is 7.12. The van der Waals surface area contributed by atoms with Crippen LogP contribution in [-0.2, 0) is 5.54 Å². The lowest BCUT2D eigenvalue weighted by atomic mass is 9.78. The van der Waals surface area contributed by atoms with E-state index in [0.29, 0.717) is 10.6 Å². The predicted octanol–water partition coefficient (Wildman–Crippen LogP) is 2.99. The number of hydrogen-bond donors (Lipinski definition) is 1. The number of pyridine rings is 1. The van der Waals surface area contributed by atoms with Gasteiger partial charge in [0.1, 0.15) is 0 Å². The van der Waals surface area contributed by atoms with E-state index in [-0.39, 0.29) is 0 Å². The second-order valence-corrected chi connectivity index (χ2v) is 4.65. The van der Waals surface area contributed by atoms with Gasteiger partial charge in [-0.3, -0.25) is 0 Å². The third-order valence-corrected chi connectivity index (χ3v) is 3.29. The molecule has 1 saturated carbocycles. The van der Waals surface area contributed by atoms with Crippen LogP contribution in [0.15, 0.2) is 12.3 Å². The summed E-state index contributed by atoms with van der Waals surface area (Å²) in [7, 11) is 0. The lowest BCUT2D eigenvalue weighted by Crippen LogP contribution is -2.39. The molecule has 1 aliphatic rings. The Morgan fingerprint density at radius 1 is 1.33 bits per heavy atom. The molecule has 0 saturated heterocycles. The first kappa shape index (κ1) is 10.8. The fourth-order valence-corrected chi connectivity index (χ4v) is 2.38. The molecule has 15 heavy (non-hydrogen) atoms. The van der Waals surface area contributed by atoms with E-state index in [1.165, 1.54) is 12.6 Å². The van der Waals surface area contributed by atoms with Crippen molar-refractivity contribution in [3.8, 4) is 0 Å². The van der Waals surface area contributed by atoms with Gasteiger partial charge in [0, 0.05) is 17.3 Å². The number of rotatable bonds is 1. The van der Waals surface area contributed by atoms with Gasteiger partial charge in [0.2, 0.25) is 5.95 Å². The first-order valence-corrected chi connectivity index (χ1v) is 5.60. The molecule has 0 aliphatic heterocycles. The summed E-state index contributed by atoms with van der Waals surface area (Å²) >= 11 is 5.81. The van der Waals surface area contributed by atoms with Crippen molar-refractivity contribution < 1.29 is 4.39 Å². The average molecular weight is 229 g/mol. The van der Waals surface area contributed by atoms with E-state index >= 15 is 0 Å². The molecule has 2 rings (SSSR count). The van der Waals surface area contributed by atoms with Gasteiger partial charge in [0.15, 0.2) is 0 Å². The highest BCUT2D eigenvalue weighted by Gasteiger charge is 2.32. The van der Waals surface area contributed by atoms with Crippen LogP contribution in [0, 0.1) is 5.95 Å². The van der Waals surface area contributed by atoms with Crippen LogP contribution in [0.3, 0.4) is 0 Å². The average Bonchev–Trinajstić information content (AvgIpc) is 2.23. The van der Waals surface area contributed by atoms with E-state index in [9.17, 15) is 4.39 Å². The van der Waals surface area contributed by atoms with Gasteiger partial charge < -0.3 is 5.73 Å².